The fraction of sp³-hybridized carbons (Fsp3) is 0.588. The second-order valence-corrected chi connectivity index (χ2v) is 6.37. The van der Waals surface area contributed by atoms with Crippen molar-refractivity contribution in [3.05, 3.63) is 35.1 Å². The van der Waals surface area contributed by atoms with E-state index >= 15 is 0 Å². The second-order valence-electron chi connectivity index (χ2n) is 6.37. The molecule has 2 saturated heterocycles. The van der Waals surface area contributed by atoms with Gasteiger partial charge in [-0.25, -0.2) is 9.18 Å². The molecule has 2 heterocycles. The molecule has 120 valence electrons. The van der Waals surface area contributed by atoms with Crippen LogP contribution in [0.4, 0.5) is 9.18 Å². The van der Waals surface area contributed by atoms with Crippen LogP contribution in [0.2, 0.25) is 0 Å². The Morgan fingerprint density at radius 3 is 2.73 bits per heavy atom. The molecular weight excluding hydrogens is 281 g/mol. The molecule has 5 heteroatoms. The Hall–Kier alpha value is -1.62. The number of hydrogen-bond acceptors (Lipinski definition) is 2. The number of piperidine rings is 1. The maximum Gasteiger partial charge on any atom is 0.317 e. The summed E-state index contributed by atoms with van der Waals surface area (Å²) in [6.07, 6.45) is 3.09. The fourth-order valence-corrected chi connectivity index (χ4v) is 3.45. The van der Waals surface area contributed by atoms with Crippen molar-refractivity contribution in [3.8, 4) is 0 Å². The fourth-order valence-electron chi connectivity index (χ4n) is 3.45. The van der Waals surface area contributed by atoms with E-state index in [9.17, 15) is 9.18 Å². The van der Waals surface area contributed by atoms with E-state index in [-0.39, 0.29) is 11.8 Å². The number of nitrogens with one attached hydrogen (secondary N) is 1. The molecule has 22 heavy (non-hydrogen) atoms. The minimum atomic E-state index is -0.140. The van der Waals surface area contributed by atoms with Gasteiger partial charge in [0.15, 0.2) is 0 Å². The van der Waals surface area contributed by atoms with Crippen LogP contribution in [0, 0.1) is 12.7 Å². The molecule has 4 nitrogen and oxygen atoms in total. The van der Waals surface area contributed by atoms with Gasteiger partial charge in [0, 0.05) is 38.8 Å². The Morgan fingerprint density at radius 2 is 2.05 bits per heavy atom. The first-order chi connectivity index (χ1) is 10.6. The van der Waals surface area contributed by atoms with Gasteiger partial charge < -0.3 is 10.2 Å². The first-order valence-electron chi connectivity index (χ1n) is 8.15. The van der Waals surface area contributed by atoms with E-state index in [1.165, 1.54) is 0 Å². The van der Waals surface area contributed by atoms with Crippen molar-refractivity contribution in [2.45, 2.75) is 38.8 Å². The predicted molar refractivity (Wildman–Crippen MR) is 84.2 cm³/mol. The van der Waals surface area contributed by atoms with E-state index in [2.05, 4.69) is 10.2 Å². The minimum Gasteiger partial charge on any atom is -0.338 e. The molecule has 2 amide bonds. The largest absolute Gasteiger partial charge is 0.338 e. The molecule has 0 saturated carbocycles. The number of amides is 2. The number of likely N-dealkylation sites (tertiary alicyclic amines) is 1. The van der Waals surface area contributed by atoms with Crippen molar-refractivity contribution in [1.82, 2.24) is 15.1 Å². The van der Waals surface area contributed by atoms with Crippen LogP contribution in [-0.2, 0) is 6.54 Å². The van der Waals surface area contributed by atoms with E-state index in [1.807, 2.05) is 17.0 Å². The highest BCUT2D eigenvalue weighted by atomic mass is 19.1. The van der Waals surface area contributed by atoms with E-state index < -0.39 is 0 Å². The molecule has 0 bridgehead atoms. The van der Waals surface area contributed by atoms with Gasteiger partial charge in [-0.2, -0.15) is 0 Å². The molecule has 0 aromatic heterocycles. The zero-order valence-corrected chi connectivity index (χ0v) is 13.1. The van der Waals surface area contributed by atoms with Gasteiger partial charge in [0.25, 0.3) is 0 Å². The monoisotopic (exact) mass is 305 g/mol. The van der Waals surface area contributed by atoms with Crippen LogP contribution in [0.25, 0.3) is 0 Å². The second kappa shape index (κ2) is 6.65. The number of nitrogens with zero attached hydrogens (tertiary/aromatic N) is 2. The first kappa shape index (κ1) is 15.3. The molecule has 1 aromatic carbocycles. The summed E-state index contributed by atoms with van der Waals surface area (Å²) in [5.41, 5.74) is 1.87. The van der Waals surface area contributed by atoms with Gasteiger partial charge >= 0.3 is 6.03 Å². The van der Waals surface area contributed by atoms with Crippen LogP contribution in [0.3, 0.4) is 0 Å². The topological polar surface area (TPSA) is 35.6 Å². The third kappa shape index (κ3) is 3.40. The highest BCUT2D eigenvalue weighted by Gasteiger charge is 2.29. The number of carbonyl (C=O) groups is 1. The molecule has 2 fully saturated rings. The van der Waals surface area contributed by atoms with Crippen LogP contribution in [0.15, 0.2) is 18.2 Å². The Bertz CT molecular complexity index is 541. The highest BCUT2D eigenvalue weighted by Crippen LogP contribution is 2.20. The van der Waals surface area contributed by atoms with E-state index in [0.29, 0.717) is 11.6 Å². The van der Waals surface area contributed by atoms with Gasteiger partial charge in [0.05, 0.1) is 0 Å². The number of aryl methyl sites for hydroxylation is 1. The van der Waals surface area contributed by atoms with Crippen LogP contribution < -0.4 is 5.32 Å². The normalized spacial score (nSPS) is 21.0. The average molecular weight is 305 g/mol. The molecular formula is C17H24FN3O. The van der Waals surface area contributed by atoms with Gasteiger partial charge in [0.1, 0.15) is 5.82 Å². The van der Waals surface area contributed by atoms with Crippen molar-refractivity contribution < 1.29 is 9.18 Å². The number of halogens is 1. The molecule has 0 unspecified atom stereocenters. The summed E-state index contributed by atoms with van der Waals surface area (Å²) < 4.78 is 13.3. The molecule has 2 aliphatic heterocycles. The number of rotatable bonds is 3. The van der Waals surface area contributed by atoms with E-state index in [0.717, 1.165) is 57.5 Å². The van der Waals surface area contributed by atoms with E-state index in [4.69, 9.17) is 0 Å². The Kier molecular flexibility index (Phi) is 4.62. The van der Waals surface area contributed by atoms with Crippen LogP contribution >= 0.6 is 0 Å². The predicted octanol–water partition coefficient (Wildman–Crippen LogP) is 2.51. The maximum atomic E-state index is 13.3. The first-order valence-corrected chi connectivity index (χ1v) is 8.15. The summed E-state index contributed by atoms with van der Waals surface area (Å²) in [5, 5.41) is 2.93. The van der Waals surface area contributed by atoms with Gasteiger partial charge in [-0.05, 0) is 43.4 Å². The lowest BCUT2D eigenvalue weighted by atomic mass is 10.0. The minimum absolute atomic E-state index is 0.0962. The zero-order valence-electron chi connectivity index (χ0n) is 13.1. The summed E-state index contributed by atoms with van der Waals surface area (Å²) >= 11 is 0. The van der Waals surface area contributed by atoms with Crippen molar-refractivity contribution in [1.29, 1.82) is 0 Å². The van der Waals surface area contributed by atoms with Crippen molar-refractivity contribution in [2.24, 2.45) is 0 Å². The maximum absolute atomic E-state index is 13.3. The average Bonchev–Trinajstić information content (AvgIpc) is 2.52. The third-order valence-electron chi connectivity index (χ3n) is 4.74. The molecule has 0 radical (unpaired) electrons. The van der Waals surface area contributed by atoms with Crippen LogP contribution in [0.1, 0.15) is 30.4 Å². The smallest absolute Gasteiger partial charge is 0.317 e. The molecule has 0 aliphatic carbocycles. The van der Waals surface area contributed by atoms with Gasteiger partial charge in [-0.1, -0.05) is 12.1 Å². The summed E-state index contributed by atoms with van der Waals surface area (Å²) in [6, 6.07) is 5.81. The Labute approximate surface area is 131 Å². The van der Waals surface area contributed by atoms with Crippen molar-refractivity contribution >= 4 is 6.03 Å². The van der Waals surface area contributed by atoms with Crippen molar-refractivity contribution in [3.63, 3.8) is 0 Å². The van der Waals surface area contributed by atoms with Crippen LogP contribution in [0.5, 0.6) is 0 Å². The van der Waals surface area contributed by atoms with E-state index in [1.54, 1.807) is 13.0 Å². The van der Waals surface area contributed by atoms with Crippen molar-refractivity contribution in [2.75, 3.05) is 26.2 Å². The standard InChI is InChI=1S/C17H24FN3O/c1-13-11-14(3-4-16(13)18)12-20-9-5-15(6-10-20)21-8-2-7-19-17(21)22/h3-4,11,15H,2,5-10,12H2,1H3,(H,19,22). The number of urea groups is 1. The summed E-state index contributed by atoms with van der Waals surface area (Å²) in [5.74, 6) is -0.140. The molecule has 3 rings (SSSR count). The van der Waals surface area contributed by atoms with Gasteiger partial charge in [-0.15, -0.1) is 0 Å². The molecule has 0 atom stereocenters. The lowest BCUT2D eigenvalue weighted by Crippen LogP contribution is -2.54. The summed E-state index contributed by atoms with van der Waals surface area (Å²) in [7, 11) is 0. The third-order valence-corrected chi connectivity index (χ3v) is 4.74. The Balaban J connectivity index is 1.53. The van der Waals surface area contributed by atoms with Gasteiger partial charge in [-0.3, -0.25) is 4.90 Å². The number of carbonyl (C=O) groups excluding carboxylic acids is 1. The zero-order chi connectivity index (χ0) is 15.5. The summed E-state index contributed by atoms with van der Waals surface area (Å²) in [4.78, 5) is 16.3. The van der Waals surface area contributed by atoms with Crippen LogP contribution in [-0.4, -0.2) is 48.1 Å². The van der Waals surface area contributed by atoms with Gasteiger partial charge in [0.2, 0.25) is 0 Å². The molecule has 0 spiro atoms. The SMILES string of the molecule is Cc1cc(CN2CCC(N3CCCNC3=O)CC2)ccc1F. The molecule has 1 N–H and O–H groups in total. The molecule has 1 aromatic rings. The Morgan fingerprint density at radius 1 is 1.27 bits per heavy atom. The summed E-state index contributed by atoms with van der Waals surface area (Å²) in [6.45, 7) is 6.33. The number of hydrogen-bond donors (Lipinski definition) is 1. The lowest BCUT2D eigenvalue weighted by molar-refractivity contribution is 0.109. The number of benzene rings is 1. The quantitative estimate of drug-likeness (QED) is 0.931. The molecule has 2 aliphatic rings. The highest BCUT2D eigenvalue weighted by molar-refractivity contribution is 5.75. The lowest BCUT2D eigenvalue weighted by Gasteiger charge is -2.40.